The van der Waals surface area contributed by atoms with Crippen LogP contribution in [0.1, 0.15) is 52.0 Å². The molecule has 1 aromatic rings. The van der Waals surface area contributed by atoms with Gasteiger partial charge in [0.2, 0.25) is 5.82 Å². The quantitative estimate of drug-likeness (QED) is 0.711. The monoisotopic (exact) mass is 284 g/mol. The molecule has 3 heteroatoms. The van der Waals surface area contributed by atoms with E-state index in [-0.39, 0.29) is 5.75 Å². The summed E-state index contributed by atoms with van der Waals surface area (Å²) < 4.78 is 32.4. The van der Waals surface area contributed by atoms with E-state index in [0.717, 1.165) is 18.8 Å². The Hall–Kier alpha value is -1.12. The van der Waals surface area contributed by atoms with Gasteiger partial charge in [-0.1, -0.05) is 39.7 Å². The van der Waals surface area contributed by atoms with Crippen LogP contribution in [0.4, 0.5) is 8.78 Å². The molecule has 1 aliphatic carbocycles. The second kappa shape index (κ2) is 8.23. The molecule has 0 aliphatic heterocycles. The van der Waals surface area contributed by atoms with E-state index in [0.29, 0.717) is 18.1 Å². The van der Waals surface area contributed by atoms with Crippen molar-refractivity contribution in [3.05, 3.63) is 29.3 Å². The van der Waals surface area contributed by atoms with Gasteiger partial charge >= 0.3 is 0 Å². The van der Waals surface area contributed by atoms with Crippen LogP contribution in [0.2, 0.25) is 0 Å². The maximum Gasteiger partial charge on any atom is 0.200 e. The summed E-state index contributed by atoms with van der Waals surface area (Å²) in [6.07, 6.45) is 4.66. The average molecular weight is 284 g/mol. The largest absolute Gasteiger partial charge is 0.490 e. The summed E-state index contributed by atoms with van der Waals surface area (Å²) in [7, 11) is 0. The van der Waals surface area contributed by atoms with Crippen LogP contribution in [-0.2, 0) is 0 Å². The molecule has 1 aliphatic rings. The number of halogens is 2. The predicted molar refractivity (Wildman–Crippen MR) is 79.1 cm³/mol. The first kappa shape index (κ1) is 16.9. The number of benzene rings is 1. The Morgan fingerprint density at radius 3 is 2.25 bits per heavy atom. The normalized spacial score (nSPS) is 21.9. The zero-order chi connectivity index (χ0) is 15.1. The zero-order valence-corrected chi connectivity index (χ0v) is 13.0. The van der Waals surface area contributed by atoms with Gasteiger partial charge in [-0.2, -0.15) is 4.39 Å². The van der Waals surface area contributed by atoms with Gasteiger partial charge in [0.05, 0.1) is 6.61 Å². The van der Waals surface area contributed by atoms with E-state index in [9.17, 15) is 8.78 Å². The molecule has 0 aromatic heterocycles. The van der Waals surface area contributed by atoms with E-state index in [4.69, 9.17) is 4.74 Å². The van der Waals surface area contributed by atoms with Crippen molar-refractivity contribution in [2.24, 2.45) is 11.8 Å². The molecular weight excluding hydrogens is 258 g/mol. The first-order valence-corrected chi connectivity index (χ1v) is 7.65. The second-order valence-electron chi connectivity index (χ2n) is 5.45. The second-order valence-corrected chi connectivity index (χ2v) is 5.45. The molecule has 1 nitrogen and oxygen atoms in total. The van der Waals surface area contributed by atoms with E-state index < -0.39 is 11.6 Å². The molecule has 0 radical (unpaired) electrons. The fourth-order valence-corrected chi connectivity index (χ4v) is 2.44. The fourth-order valence-electron chi connectivity index (χ4n) is 2.44. The van der Waals surface area contributed by atoms with Gasteiger partial charge in [0, 0.05) is 0 Å². The van der Waals surface area contributed by atoms with Crippen LogP contribution in [0.15, 0.2) is 12.1 Å². The molecule has 1 fully saturated rings. The maximum atomic E-state index is 13.6. The van der Waals surface area contributed by atoms with Crippen molar-refractivity contribution in [2.75, 3.05) is 6.61 Å². The minimum atomic E-state index is -0.862. The predicted octanol–water partition coefficient (Wildman–Crippen LogP) is 5.50. The lowest BCUT2D eigenvalue weighted by molar-refractivity contribution is 0.182. The molecule has 0 saturated heterocycles. The first-order chi connectivity index (χ1) is 9.58. The lowest BCUT2D eigenvalue weighted by Crippen LogP contribution is -2.19. The van der Waals surface area contributed by atoms with Crippen molar-refractivity contribution in [2.45, 2.75) is 53.4 Å². The molecule has 114 valence electrons. The molecule has 0 atom stereocenters. The minimum Gasteiger partial charge on any atom is -0.490 e. The zero-order valence-electron chi connectivity index (χ0n) is 13.0. The molecular formula is C17H26F2O. The molecule has 1 saturated carbocycles. The third-order valence-corrected chi connectivity index (χ3v) is 3.85. The van der Waals surface area contributed by atoms with E-state index in [1.54, 1.807) is 13.0 Å². The highest BCUT2D eigenvalue weighted by molar-refractivity contribution is 5.30. The van der Waals surface area contributed by atoms with Crippen molar-refractivity contribution >= 4 is 0 Å². The van der Waals surface area contributed by atoms with Crippen LogP contribution in [0.5, 0.6) is 5.75 Å². The van der Waals surface area contributed by atoms with Crippen LogP contribution >= 0.6 is 0 Å². The van der Waals surface area contributed by atoms with Gasteiger partial charge in [-0.3, -0.25) is 0 Å². The number of hydrogen-bond acceptors (Lipinski definition) is 1. The Bertz CT molecular complexity index is 410. The molecule has 0 N–H and O–H groups in total. The van der Waals surface area contributed by atoms with Crippen molar-refractivity contribution in [1.82, 2.24) is 0 Å². The Labute approximate surface area is 121 Å². The van der Waals surface area contributed by atoms with E-state index in [1.165, 1.54) is 18.9 Å². The fraction of sp³-hybridized carbons (Fsp3) is 0.647. The summed E-state index contributed by atoms with van der Waals surface area (Å²) in [5, 5.41) is 0. The maximum absolute atomic E-state index is 13.6. The molecule has 0 heterocycles. The van der Waals surface area contributed by atoms with Crippen LogP contribution in [0, 0.1) is 30.4 Å². The number of aryl methyl sites for hydroxylation is 1. The molecule has 0 spiro atoms. The summed E-state index contributed by atoms with van der Waals surface area (Å²) in [4.78, 5) is 0. The third-order valence-electron chi connectivity index (χ3n) is 3.85. The first-order valence-electron chi connectivity index (χ1n) is 7.65. The summed E-state index contributed by atoms with van der Waals surface area (Å²) in [6, 6.07) is 3.07. The molecule has 2 rings (SSSR count). The van der Waals surface area contributed by atoms with Crippen molar-refractivity contribution in [1.29, 1.82) is 0 Å². The Kier molecular flexibility index (Phi) is 6.97. The number of ether oxygens (including phenoxy) is 1. The topological polar surface area (TPSA) is 9.23 Å². The highest BCUT2D eigenvalue weighted by Crippen LogP contribution is 2.29. The smallest absolute Gasteiger partial charge is 0.200 e. The van der Waals surface area contributed by atoms with Gasteiger partial charge in [0.1, 0.15) is 0 Å². The van der Waals surface area contributed by atoms with Crippen LogP contribution in [-0.4, -0.2) is 6.61 Å². The molecule has 0 amide bonds. The van der Waals surface area contributed by atoms with Gasteiger partial charge in [-0.05, 0) is 43.2 Å². The summed E-state index contributed by atoms with van der Waals surface area (Å²) in [6.45, 7) is 8.29. The van der Waals surface area contributed by atoms with Gasteiger partial charge < -0.3 is 4.74 Å². The lowest BCUT2D eigenvalue weighted by atomic mass is 9.83. The Morgan fingerprint density at radius 1 is 1.05 bits per heavy atom. The Balaban J connectivity index is 0.000000956. The van der Waals surface area contributed by atoms with Gasteiger partial charge in [0.25, 0.3) is 0 Å². The van der Waals surface area contributed by atoms with Gasteiger partial charge in [0.15, 0.2) is 11.6 Å². The van der Waals surface area contributed by atoms with Gasteiger partial charge in [-0.25, -0.2) is 4.39 Å². The van der Waals surface area contributed by atoms with Crippen molar-refractivity contribution in [3.8, 4) is 5.75 Å². The molecule has 1 aromatic carbocycles. The van der Waals surface area contributed by atoms with E-state index >= 15 is 0 Å². The molecule has 20 heavy (non-hydrogen) atoms. The van der Waals surface area contributed by atoms with E-state index in [1.807, 2.05) is 13.8 Å². The van der Waals surface area contributed by atoms with Crippen molar-refractivity contribution < 1.29 is 13.5 Å². The summed E-state index contributed by atoms with van der Waals surface area (Å²) in [5.74, 6) is -0.361. The van der Waals surface area contributed by atoms with Crippen LogP contribution < -0.4 is 4.74 Å². The summed E-state index contributed by atoms with van der Waals surface area (Å²) in [5.41, 5.74) is 0.311. The SMILES string of the molecule is CC.Cc1ccc(OCC2CCC(C)CC2)c(F)c1F. The molecule has 0 bridgehead atoms. The highest BCUT2D eigenvalue weighted by Gasteiger charge is 2.20. The lowest BCUT2D eigenvalue weighted by Gasteiger charge is -2.26. The van der Waals surface area contributed by atoms with Crippen molar-refractivity contribution in [3.63, 3.8) is 0 Å². The average Bonchev–Trinajstić information content (AvgIpc) is 2.48. The number of hydrogen-bond donors (Lipinski definition) is 0. The Morgan fingerprint density at radius 2 is 1.65 bits per heavy atom. The van der Waals surface area contributed by atoms with Crippen LogP contribution in [0.25, 0.3) is 0 Å². The third kappa shape index (κ3) is 4.46. The standard InChI is InChI=1S/C15H20F2O.C2H6/c1-10-3-6-12(7-4-10)9-18-13-8-5-11(2)14(16)15(13)17;1-2/h5,8,10,12H,3-4,6-7,9H2,1-2H3;1-2H3. The molecule has 0 unspecified atom stereocenters. The van der Waals surface area contributed by atoms with E-state index in [2.05, 4.69) is 6.92 Å². The number of rotatable bonds is 3. The highest BCUT2D eigenvalue weighted by atomic mass is 19.2. The summed E-state index contributed by atoms with van der Waals surface area (Å²) >= 11 is 0. The minimum absolute atomic E-state index is 0.0386. The van der Waals surface area contributed by atoms with Crippen LogP contribution in [0.3, 0.4) is 0 Å². The van der Waals surface area contributed by atoms with Gasteiger partial charge in [-0.15, -0.1) is 0 Å².